The van der Waals surface area contributed by atoms with Crippen LogP contribution in [0.5, 0.6) is 11.5 Å². The SMILES string of the molecule is C[C@@H](Cn1c(=O)n(-c2ccc(Oc3ccccc3)cc2)c2c(N)ncnc21)NC(=O)/C(C#N)=C/C(C)(C)CO. The molecule has 0 fully saturated rings. The fourth-order valence-corrected chi connectivity index (χ4v) is 4.00. The molecule has 4 rings (SSSR count). The van der Waals surface area contributed by atoms with E-state index in [2.05, 4.69) is 15.3 Å². The van der Waals surface area contributed by atoms with E-state index in [0.717, 1.165) is 0 Å². The van der Waals surface area contributed by atoms with Crippen LogP contribution in [0.3, 0.4) is 0 Å². The maximum atomic E-state index is 13.6. The average Bonchev–Trinajstić information content (AvgIpc) is 3.20. The van der Waals surface area contributed by atoms with E-state index in [9.17, 15) is 20.0 Å². The Morgan fingerprint density at radius 1 is 1.18 bits per heavy atom. The largest absolute Gasteiger partial charge is 0.457 e. The Morgan fingerprint density at radius 3 is 2.49 bits per heavy atom. The van der Waals surface area contributed by atoms with Crippen molar-refractivity contribution in [2.24, 2.45) is 5.41 Å². The molecule has 0 bridgehead atoms. The number of ether oxygens (including phenoxy) is 1. The van der Waals surface area contributed by atoms with Crippen LogP contribution in [-0.4, -0.2) is 42.8 Å². The number of rotatable bonds is 9. The second-order valence-electron chi connectivity index (χ2n) is 9.76. The van der Waals surface area contributed by atoms with E-state index in [1.165, 1.54) is 21.5 Å². The molecule has 200 valence electrons. The number of para-hydroxylation sites is 1. The number of nitrogens with zero attached hydrogens (tertiary/aromatic N) is 5. The molecule has 4 aromatic rings. The number of nitrogens with two attached hydrogens (primary N) is 1. The summed E-state index contributed by atoms with van der Waals surface area (Å²) in [4.78, 5) is 34.7. The van der Waals surface area contributed by atoms with Crippen molar-refractivity contribution >= 4 is 22.9 Å². The number of amides is 1. The molecule has 0 aliphatic heterocycles. The number of aromatic nitrogens is 4. The summed E-state index contributed by atoms with van der Waals surface area (Å²) in [6, 6.07) is 17.6. The number of hydrogen-bond donors (Lipinski definition) is 3. The third kappa shape index (κ3) is 5.97. The summed E-state index contributed by atoms with van der Waals surface area (Å²) in [5.74, 6) is 0.791. The van der Waals surface area contributed by atoms with Gasteiger partial charge in [0.15, 0.2) is 11.5 Å². The smallest absolute Gasteiger partial charge is 0.335 e. The van der Waals surface area contributed by atoms with Gasteiger partial charge in [0.2, 0.25) is 0 Å². The predicted octanol–water partition coefficient (Wildman–Crippen LogP) is 2.93. The number of hydrogen-bond acceptors (Lipinski definition) is 8. The van der Waals surface area contributed by atoms with Crippen molar-refractivity contribution in [1.82, 2.24) is 24.4 Å². The average molecular weight is 528 g/mol. The molecule has 11 heteroatoms. The number of nitrogen functional groups attached to an aromatic ring is 1. The van der Waals surface area contributed by atoms with Gasteiger partial charge in [-0.2, -0.15) is 5.26 Å². The summed E-state index contributed by atoms with van der Waals surface area (Å²) in [5, 5.41) is 21.7. The van der Waals surface area contributed by atoms with E-state index in [4.69, 9.17) is 10.5 Å². The summed E-state index contributed by atoms with van der Waals surface area (Å²) < 4.78 is 8.66. The van der Waals surface area contributed by atoms with E-state index in [-0.39, 0.29) is 24.5 Å². The predicted molar refractivity (Wildman–Crippen MR) is 146 cm³/mol. The van der Waals surface area contributed by atoms with Crippen molar-refractivity contribution in [2.75, 3.05) is 12.3 Å². The topological polar surface area (TPSA) is 161 Å². The number of carbonyl (C=O) groups is 1. The first-order chi connectivity index (χ1) is 18.6. The number of carbonyl (C=O) groups excluding carboxylic acids is 1. The van der Waals surface area contributed by atoms with Crippen LogP contribution in [0.1, 0.15) is 20.8 Å². The van der Waals surface area contributed by atoms with Crippen LogP contribution < -0.4 is 21.5 Å². The van der Waals surface area contributed by atoms with Gasteiger partial charge >= 0.3 is 5.69 Å². The number of benzene rings is 2. The van der Waals surface area contributed by atoms with Gasteiger partial charge in [-0.15, -0.1) is 0 Å². The van der Waals surface area contributed by atoms with Crippen molar-refractivity contribution in [3.05, 3.63) is 83.1 Å². The Balaban J connectivity index is 1.64. The lowest BCUT2D eigenvalue weighted by Gasteiger charge is -2.18. The minimum absolute atomic E-state index is 0.0574. The zero-order valence-corrected chi connectivity index (χ0v) is 21.8. The molecule has 1 amide bonds. The molecule has 0 radical (unpaired) electrons. The molecular formula is C28H29N7O4. The number of aliphatic hydroxyl groups excluding tert-OH is 1. The van der Waals surface area contributed by atoms with Gasteiger partial charge in [-0.3, -0.25) is 13.9 Å². The third-order valence-electron chi connectivity index (χ3n) is 5.95. The van der Waals surface area contributed by atoms with Crippen molar-refractivity contribution in [3.8, 4) is 23.3 Å². The van der Waals surface area contributed by atoms with Crippen molar-refractivity contribution in [2.45, 2.75) is 33.4 Å². The van der Waals surface area contributed by atoms with Gasteiger partial charge in [0.1, 0.15) is 35.0 Å². The van der Waals surface area contributed by atoms with Crippen LogP contribution in [0.4, 0.5) is 5.82 Å². The van der Waals surface area contributed by atoms with Crippen LogP contribution >= 0.6 is 0 Å². The van der Waals surface area contributed by atoms with Gasteiger partial charge in [0, 0.05) is 18.0 Å². The maximum Gasteiger partial charge on any atom is 0.335 e. The van der Waals surface area contributed by atoms with Gasteiger partial charge in [-0.05, 0) is 43.3 Å². The Morgan fingerprint density at radius 2 is 1.85 bits per heavy atom. The molecule has 0 unspecified atom stereocenters. The van der Waals surface area contributed by atoms with Crippen LogP contribution in [-0.2, 0) is 11.3 Å². The minimum atomic E-state index is -0.744. The highest BCUT2D eigenvalue weighted by atomic mass is 16.5. The van der Waals surface area contributed by atoms with Crippen molar-refractivity contribution in [3.63, 3.8) is 0 Å². The zero-order valence-electron chi connectivity index (χ0n) is 21.8. The highest BCUT2D eigenvalue weighted by Gasteiger charge is 2.23. The van der Waals surface area contributed by atoms with Gasteiger partial charge in [-0.1, -0.05) is 38.1 Å². The molecule has 39 heavy (non-hydrogen) atoms. The zero-order chi connectivity index (χ0) is 28.2. The molecule has 2 heterocycles. The molecular weight excluding hydrogens is 498 g/mol. The first-order valence-electron chi connectivity index (χ1n) is 12.2. The number of aliphatic hydroxyl groups is 1. The van der Waals surface area contributed by atoms with Crippen LogP contribution in [0, 0.1) is 16.7 Å². The van der Waals surface area contributed by atoms with E-state index >= 15 is 0 Å². The second-order valence-corrected chi connectivity index (χ2v) is 9.76. The molecule has 4 N–H and O–H groups in total. The van der Waals surface area contributed by atoms with E-state index in [1.807, 2.05) is 36.4 Å². The quantitative estimate of drug-likeness (QED) is 0.221. The molecule has 2 aromatic carbocycles. The molecule has 0 aliphatic rings. The Kier molecular flexibility index (Phi) is 7.78. The minimum Gasteiger partial charge on any atom is -0.457 e. The maximum absolute atomic E-state index is 13.6. The summed E-state index contributed by atoms with van der Waals surface area (Å²) in [7, 11) is 0. The lowest BCUT2D eigenvalue weighted by Crippen LogP contribution is -2.39. The van der Waals surface area contributed by atoms with Crippen LogP contribution in [0.15, 0.2) is 77.4 Å². The molecule has 11 nitrogen and oxygen atoms in total. The monoisotopic (exact) mass is 527 g/mol. The highest BCUT2D eigenvalue weighted by molar-refractivity contribution is 5.97. The van der Waals surface area contributed by atoms with Gasteiger partial charge in [0.05, 0.1) is 12.3 Å². The molecule has 0 spiro atoms. The lowest BCUT2D eigenvalue weighted by molar-refractivity contribution is -0.117. The Hall–Kier alpha value is -4.95. The standard InChI is InChI=1S/C28H29N7O4/c1-18(33-26(37)19(14-29)13-28(2,3)16-36)15-34-25-23(24(30)31-17-32-25)35(27(34)38)20-9-11-22(12-10-20)39-21-7-5-4-6-8-21/h4-13,17-18,36H,15-16H2,1-3H3,(H,33,37)(H2,30,31,32)/b19-13+/t18-/m0/s1. The van der Waals surface area contributed by atoms with Crippen molar-refractivity contribution in [1.29, 1.82) is 5.26 Å². The molecule has 0 saturated carbocycles. The number of nitriles is 1. The molecule has 1 atom stereocenters. The van der Waals surface area contributed by atoms with Gasteiger partial charge in [-0.25, -0.2) is 14.8 Å². The summed E-state index contributed by atoms with van der Waals surface area (Å²) in [6.45, 7) is 4.96. The van der Waals surface area contributed by atoms with E-state index in [0.29, 0.717) is 28.4 Å². The van der Waals surface area contributed by atoms with Gasteiger partial charge < -0.3 is 20.9 Å². The number of anilines is 1. The highest BCUT2D eigenvalue weighted by Crippen LogP contribution is 2.25. The van der Waals surface area contributed by atoms with Gasteiger partial charge in [0.25, 0.3) is 5.91 Å². The first kappa shape index (κ1) is 27.1. The molecule has 0 aliphatic carbocycles. The number of nitrogens with one attached hydrogen (secondary N) is 1. The van der Waals surface area contributed by atoms with Crippen LogP contribution in [0.25, 0.3) is 16.9 Å². The Labute approximate surface area is 224 Å². The summed E-state index contributed by atoms with van der Waals surface area (Å²) >= 11 is 0. The Bertz CT molecular complexity index is 1610. The number of imidazole rings is 1. The van der Waals surface area contributed by atoms with Crippen molar-refractivity contribution < 1.29 is 14.6 Å². The van der Waals surface area contributed by atoms with Crippen LogP contribution in [0.2, 0.25) is 0 Å². The fourth-order valence-electron chi connectivity index (χ4n) is 4.00. The molecule has 2 aromatic heterocycles. The van der Waals surface area contributed by atoms with E-state index in [1.54, 1.807) is 45.0 Å². The first-order valence-corrected chi connectivity index (χ1v) is 12.2. The molecule has 0 saturated heterocycles. The number of fused-ring (bicyclic) bond motifs is 1. The summed E-state index contributed by atoms with van der Waals surface area (Å²) in [5.41, 5.74) is 6.04. The lowest BCUT2D eigenvalue weighted by atomic mass is 9.92. The normalized spacial score (nSPS) is 12.6. The van der Waals surface area contributed by atoms with E-state index < -0.39 is 23.1 Å². The fraction of sp³-hybridized carbons (Fsp3) is 0.250. The summed E-state index contributed by atoms with van der Waals surface area (Å²) in [6.07, 6.45) is 2.69. The second kappa shape index (κ2) is 11.2. The third-order valence-corrected chi connectivity index (χ3v) is 5.95.